The second-order valence-electron chi connectivity index (χ2n) is 8.37. The van der Waals surface area contributed by atoms with E-state index in [1.54, 1.807) is 0 Å². The largest absolute Gasteiger partial charge is 0.369 e. The summed E-state index contributed by atoms with van der Waals surface area (Å²) in [4.78, 5) is 28.3. The van der Waals surface area contributed by atoms with Crippen molar-refractivity contribution >= 4 is 34.7 Å². The van der Waals surface area contributed by atoms with Gasteiger partial charge in [0.25, 0.3) is 0 Å². The minimum absolute atomic E-state index is 0.127. The Morgan fingerprint density at radius 1 is 1.10 bits per heavy atom. The molecule has 1 aromatic carbocycles. The maximum atomic E-state index is 12.8. The van der Waals surface area contributed by atoms with Gasteiger partial charge in [-0.1, -0.05) is 12.8 Å². The van der Waals surface area contributed by atoms with Crippen LogP contribution in [0.25, 0.3) is 0 Å². The minimum atomic E-state index is 0.127. The number of likely N-dealkylation sites (N-methyl/N-ethyl adjacent to an activating group) is 1. The summed E-state index contributed by atoms with van der Waals surface area (Å²) in [6.07, 6.45) is 6.28. The lowest BCUT2D eigenvalue weighted by Gasteiger charge is -2.37. The molecule has 1 saturated carbocycles. The summed E-state index contributed by atoms with van der Waals surface area (Å²) >= 11 is 0. The third-order valence-electron chi connectivity index (χ3n) is 6.33. The zero-order valence-electron chi connectivity index (χ0n) is 17.5. The van der Waals surface area contributed by atoms with Gasteiger partial charge in [0.1, 0.15) is 0 Å². The highest BCUT2D eigenvalue weighted by Crippen LogP contribution is 2.36. The van der Waals surface area contributed by atoms with Crippen LogP contribution in [0.4, 0.5) is 28.8 Å². The van der Waals surface area contributed by atoms with Crippen LogP contribution in [0.2, 0.25) is 0 Å². The van der Waals surface area contributed by atoms with Gasteiger partial charge in [0.15, 0.2) is 5.82 Å². The lowest BCUT2D eigenvalue weighted by molar-refractivity contribution is -0.118. The van der Waals surface area contributed by atoms with Crippen molar-refractivity contribution in [3.8, 4) is 0 Å². The molecule has 30 heavy (non-hydrogen) atoms. The average molecular weight is 408 g/mol. The van der Waals surface area contributed by atoms with Gasteiger partial charge in [-0.05, 0) is 37.1 Å². The molecular weight excluding hydrogens is 378 g/mol. The number of hydrogen-bond donors (Lipinski definition) is 2. The first-order valence-electron chi connectivity index (χ1n) is 10.9. The Morgan fingerprint density at radius 2 is 1.83 bits per heavy atom. The van der Waals surface area contributed by atoms with Crippen LogP contribution in [0.1, 0.15) is 25.7 Å². The van der Waals surface area contributed by atoms with Gasteiger partial charge in [0.2, 0.25) is 11.9 Å². The summed E-state index contributed by atoms with van der Waals surface area (Å²) in [5.74, 6) is 1.38. The lowest BCUT2D eigenvalue weighted by atomic mass is 10.1. The van der Waals surface area contributed by atoms with Crippen LogP contribution in [0.3, 0.4) is 0 Å². The third-order valence-corrected chi connectivity index (χ3v) is 6.33. The molecule has 2 aromatic rings. The van der Waals surface area contributed by atoms with Crippen LogP contribution in [0, 0.1) is 0 Å². The predicted molar refractivity (Wildman–Crippen MR) is 120 cm³/mol. The Bertz CT molecular complexity index is 904. The van der Waals surface area contributed by atoms with Gasteiger partial charge in [-0.25, -0.2) is 4.98 Å². The van der Waals surface area contributed by atoms with Crippen molar-refractivity contribution in [3.05, 3.63) is 30.5 Å². The van der Waals surface area contributed by atoms with Gasteiger partial charge in [0, 0.05) is 50.6 Å². The Morgan fingerprint density at radius 3 is 2.57 bits per heavy atom. The molecule has 2 aliphatic heterocycles. The number of aromatic nitrogens is 2. The quantitative estimate of drug-likeness (QED) is 0.806. The normalized spacial score (nSPS) is 19.9. The smallest absolute Gasteiger partial charge is 0.247 e. The number of fused-ring (bicyclic) bond motifs is 1. The number of nitrogens with zero attached hydrogens (tertiary/aromatic N) is 5. The molecule has 2 fully saturated rings. The maximum Gasteiger partial charge on any atom is 0.247 e. The number of benzene rings is 1. The second kappa shape index (κ2) is 8.10. The van der Waals surface area contributed by atoms with Crippen molar-refractivity contribution in [2.75, 3.05) is 59.8 Å². The fourth-order valence-electron chi connectivity index (χ4n) is 4.70. The van der Waals surface area contributed by atoms with Crippen LogP contribution in [0.5, 0.6) is 0 Å². The molecule has 0 bridgehead atoms. The van der Waals surface area contributed by atoms with Crippen LogP contribution in [-0.4, -0.2) is 61.7 Å². The van der Waals surface area contributed by atoms with Crippen LogP contribution >= 0.6 is 0 Å². The number of carbonyl (C=O) groups excluding carboxylic acids is 1. The first-order valence-corrected chi connectivity index (χ1v) is 10.9. The summed E-state index contributed by atoms with van der Waals surface area (Å²) in [7, 11) is 1.92. The Labute approximate surface area is 177 Å². The van der Waals surface area contributed by atoms with E-state index in [1.807, 2.05) is 23.0 Å². The molecule has 2 N–H and O–H groups in total. The van der Waals surface area contributed by atoms with Gasteiger partial charge in [-0.15, -0.1) is 0 Å². The third kappa shape index (κ3) is 3.67. The first kappa shape index (κ1) is 19.1. The van der Waals surface area contributed by atoms with Crippen LogP contribution in [-0.2, 0) is 4.79 Å². The molecule has 0 radical (unpaired) electrons. The van der Waals surface area contributed by atoms with E-state index >= 15 is 0 Å². The number of anilines is 5. The van der Waals surface area contributed by atoms with Gasteiger partial charge in [0.05, 0.1) is 18.4 Å². The molecule has 3 aliphatic rings. The van der Waals surface area contributed by atoms with Crippen molar-refractivity contribution in [1.29, 1.82) is 0 Å². The monoisotopic (exact) mass is 407 g/mol. The lowest BCUT2D eigenvalue weighted by Crippen LogP contribution is -2.49. The molecule has 3 heterocycles. The highest BCUT2D eigenvalue weighted by molar-refractivity contribution is 6.02. The fourth-order valence-corrected chi connectivity index (χ4v) is 4.70. The number of hydrogen-bond acceptors (Lipinski definition) is 7. The Hall–Kier alpha value is -2.87. The van der Waals surface area contributed by atoms with Gasteiger partial charge < -0.3 is 20.4 Å². The van der Waals surface area contributed by atoms with Gasteiger partial charge in [-0.3, -0.25) is 9.69 Å². The predicted octanol–water partition coefficient (Wildman–Crippen LogP) is 2.36. The number of nitrogens with one attached hydrogen (secondary N) is 2. The number of carbonyl (C=O) groups is 1. The van der Waals surface area contributed by atoms with Crippen molar-refractivity contribution in [3.63, 3.8) is 0 Å². The summed E-state index contributed by atoms with van der Waals surface area (Å²) in [6, 6.07) is 8.65. The van der Waals surface area contributed by atoms with Crippen molar-refractivity contribution in [2.24, 2.45) is 0 Å². The molecule has 1 amide bonds. The molecular formula is C22H29N7O. The summed E-state index contributed by atoms with van der Waals surface area (Å²) in [5.41, 5.74) is 3.09. The zero-order chi connectivity index (χ0) is 20.5. The number of amides is 1. The standard InChI is InChI=1S/C22H29N7O/c1-27-15-20(30)29(18-4-2-3-5-18)21-19(27)14-24-22(26-21)25-16-6-8-17(9-7-16)28-12-10-23-11-13-28/h6-9,14,18,23H,2-5,10-13,15H2,1H3,(H,24,25,26). The summed E-state index contributed by atoms with van der Waals surface area (Å²) < 4.78 is 0. The van der Waals surface area contributed by atoms with E-state index in [-0.39, 0.29) is 11.9 Å². The van der Waals surface area contributed by atoms with Crippen molar-refractivity contribution in [1.82, 2.24) is 15.3 Å². The summed E-state index contributed by atoms with van der Waals surface area (Å²) in [6.45, 7) is 4.48. The van der Waals surface area contributed by atoms with Gasteiger partial charge >= 0.3 is 0 Å². The van der Waals surface area contributed by atoms with Gasteiger partial charge in [-0.2, -0.15) is 4.98 Å². The summed E-state index contributed by atoms with van der Waals surface area (Å²) in [5, 5.41) is 6.70. The topological polar surface area (TPSA) is 76.6 Å². The second-order valence-corrected chi connectivity index (χ2v) is 8.37. The molecule has 1 aliphatic carbocycles. The average Bonchev–Trinajstić information content (AvgIpc) is 3.29. The SMILES string of the molecule is CN1CC(=O)N(C2CCCC2)c2nc(Nc3ccc(N4CCNCC4)cc3)ncc21. The van der Waals surface area contributed by atoms with E-state index in [1.165, 1.54) is 18.5 Å². The molecule has 1 saturated heterocycles. The molecule has 8 nitrogen and oxygen atoms in total. The van der Waals surface area contributed by atoms with Crippen LogP contribution < -0.4 is 25.3 Å². The van der Waals surface area contributed by atoms with E-state index in [9.17, 15) is 4.79 Å². The first-order chi connectivity index (χ1) is 14.7. The highest BCUT2D eigenvalue weighted by atomic mass is 16.2. The van der Waals surface area contributed by atoms with Crippen molar-refractivity contribution < 1.29 is 4.79 Å². The molecule has 8 heteroatoms. The molecule has 0 unspecified atom stereocenters. The molecule has 0 atom stereocenters. The maximum absolute atomic E-state index is 12.8. The van der Waals surface area contributed by atoms with Crippen LogP contribution in [0.15, 0.2) is 30.5 Å². The van der Waals surface area contributed by atoms with Crippen molar-refractivity contribution in [2.45, 2.75) is 31.7 Å². The minimum Gasteiger partial charge on any atom is -0.369 e. The van der Waals surface area contributed by atoms with E-state index in [0.29, 0.717) is 12.5 Å². The Kier molecular flexibility index (Phi) is 5.16. The van der Waals surface area contributed by atoms with E-state index in [2.05, 4.69) is 44.8 Å². The van der Waals surface area contributed by atoms with E-state index in [4.69, 9.17) is 4.98 Å². The number of piperazine rings is 1. The number of rotatable bonds is 4. The molecule has 0 spiro atoms. The highest BCUT2D eigenvalue weighted by Gasteiger charge is 2.35. The molecule has 5 rings (SSSR count). The fraction of sp³-hybridized carbons (Fsp3) is 0.500. The van der Waals surface area contributed by atoms with E-state index < -0.39 is 0 Å². The molecule has 158 valence electrons. The van der Waals surface area contributed by atoms with E-state index in [0.717, 1.165) is 56.2 Å². The molecule has 1 aromatic heterocycles. The zero-order valence-corrected chi connectivity index (χ0v) is 17.5. The Balaban J connectivity index is 1.37.